The molecule has 0 aliphatic carbocycles. The first-order valence-electron chi connectivity index (χ1n) is 8.18. The lowest BCUT2D eigenvalue weighted by Gasteiger charge is -2.23. The summed E-state index contributed by atoms with van der Waals surface area (Å²) in [7, 11) is 0. The van der Waals surface area contributed by atoms with Gasteiger partial charge in [-0.05, 0) is 29.8 Å². The zero-order valence-corrected chi connectivity index (χ0v) is 15.1. The van der Waals surface area contributed by atoms with Crippen molar-refractivity contribution in [2.45, 2.75) is 12.3 Å². The van der Waals surface area contributed by atoms with Gasteiger partial charge in [0.15, 0.2) is 0 Å². The lowest BCUT2D eigenvalue weighted by atomic mass is 9.87. The van der Waals surface area contributed by atoms with E-state index in [1.54, 1.807) is 16.0 Å². The summed E-state index contributed by atoms with van der Waals surface area (Å²) in [5.41, 5.74) is 2.91. The van der Waals surface area contributed by atoms with Gasteiger partial charge in [0.1, 0.15) is 5.82 Å². The van der Waals surface area contributed by atoms with Crippen LogP contribution < -0.4 is 5.32 Å². The van der Waals surface area contributed by atoms with Gasteiger partial charge in [0.25, 0.3) is 0 Å². The summed E-state index contributed by atoms with van der Waals surface area (Å²) in [6, 6.07) is 15.6. The molecule has 2 aromatic carbocycles. The fourth-order valence-corrected chi connectivity index (χ4v) is 4.47. The van der Waals surface area contributed by atoms with Crippen molar-refractivity contribution in [2.75, 3.05) is 5.32 Å². The summed E-state index contributed by atoms with van der Waals surface area (Å²) in [5, 5.41) is 8.87. The van der Waals surface area contributed by atoms with E-state index in [2.05, 4.69) is 15.4 Å². The summed E-state index contributed by atoms with van der Waals surface area (Å²) >= 11 is 7.69. The molecule has 1 N–H and O–H groups in total. The van der Waals surface area contributed by atoms with Gasteiger partial charge in [-0.3, -0.25) is 4.79 Å². The highest BCUT2D eigenvalue weighted by atomic mass is 35.5. The van der Waals surface area contributed by atoms with Crippen LogP contribution in [0, 0.1) is 0 Å². The summed E-state index contributed by atoms with van der Waals surface area (Å²) < 4.78 is 2.80. The number of halogens is 1. The molecule has 0 bridgehead atoms. The molecule has 0 saturated carbocycles. The maximum Gasteiger partial charge on any atom is 0.226 e. The van der Waals surface area contributed by atoms with Crippen molar-refractivity contribution in [2.24, 2.45) is 0 Å². The van der Waals surface area contributed by atoms with Crippen molar-refractivity contribution < 1.29 is 4.79 Å². The monoisotopic (exact) mass is 380 g/mol. The molecule has 128 valence electrons. The molecule has 0 saturated heterocycles. The SMILES string of the molecule is O=C1C[C@H](c2cccc(Cl)c2)c2cnn(-c3nc4ccccc4s3)c2N1. The first-order chi connectivity index (χ1) is 12.7. The number of amides is 1. The van der Waals surface area contributed by atoms with E-state index in [1.165, 1.54) is 0 Å². The highest BCUT2D eigenvalue weighted by Crippen LogP contribution is 2.39. The molecule has 0 radical (unpaired) electrons. The molecule has 7 heteroatoms. The van der Waals surface area contributed by atoms with Gasteiger partial charge >= 0.3 is 0 Å². The molecule has 5 rings (SSSR count). The topological polar surface area (TPSA) is 59.8 Å². The van der Waals surface area contributed by atoms with Crippen LogP contribution in [0.15, 0.2) is 54.7 Å². The number of hydrogen-bond donors (Lipinski definition) is 1. The number of carbonyl (C=O) groups excluding carboxylic acids is 1. The number of nitrogens with zero attached hydrogens (tertiary/aromatic N) is 3. The van der Waals surface area contributed by atoms with Crippen LogP contribution in [-0.2, 0) is 4.79 Å². The van der Waals surface area contributed by atoms with Gasteiger partial charge in [0.2, 0.25) is 11.0 Å². The van der Waals surface area contributed by atoms with Crippen molar-refractivity contribution in [1.82, 2.24) is 14.8 Å². The Morgan fingerprint density at radius 1 is 1.19 bits per heavy atom. The van der Waals surface area contributed by atoms with E-state index >= 15 is 0 Å². The minimum Gasteiger partial charge on any atom is -0.310 e. The molecule has 26 heavy (non-hydrogen) atoms. The molecule has 0 fully saturated rings. The lowest BCUT2D eigenvalue weighted by molar-refractivity contribution is -0.116. The van der Waals surface area contributed by atoms with Gasteiger partial charge in [-0.15, -0.1) is 0 Å². The lowest BCUT2D eigenvalue weighted by Crippen LogP contribution is -2.24. The fourth-order valence-electron chi connectivity index (χ4n) is 3.34. The normalized spacial score (nSPS) is 16.5. The number of nitrogens with one attached hydrogen (secondary N) is 1. The average Bonchev–Trinajstić information content (AvgIpc) is 3.24. The third kappa shape index (κ3) is 2.50. The molecule has 1 aliphatic rings. The van der Waals surface area contributed by atoms with E-state index in [0.29, 0.717) is 17.3 Å². The van der Waals surface area contributed by atoms with Crippen molar-refractivity contribution in [3.63, 3.8) is 0 Å². The Labute approximate surface area is 158 Å². The van der Waals surface area contributed by atoms with Crippen molar-refractivity contribution in [1.29, 1.82) is 0 Å². The number of rotatable bonds is 2. The largest absolute Gasteiger partial charge is 0.310 e. The predicted octanol–water partition coefficient (Wildman–Crippen LogP) is 4.61. The minimum atomic E-state index is -0.0689. The number of fused-ring (bicyclic) bond motifs is 2. The quantitative estimate of drug-likeness (QED) is 0.552. The van der Waals surface area contributed by atoms with Gasteiger partial charge in [-0.25, -0.2) is 4.98 Å². The molecule has 4 aromatic rings. The standard InChI is InChI=1S/C19H13ClN4OS/c20-12-5-3-4-11(8-12)13-9-17(25)23-18-14(13)10-21-24(18)19-22-15-6-1-2-7-16(15)26-19/h1-8,10,13H,9H2,(H,23,25)/t13-/m1/s1. The van der Waals surface area contributed by atoms with Crippen LogP contribution in [0.25, 0.3) is 15.3 Å². The molecule has 3 heterocycles. The Morgan fingerprint density at radius 2 is 2.08 bits per heavy atom. The highest BCUT2D eigenvalue weighted by Gasteiger charge is 2.31. The van der Waals surface area contributed by atoms with Crippen molar-refractivity contribution in [3.05, 3.63) is 70.9 Å². The molecule has 1 aliphatic heterocycles. The van der Waals surface area contributed by atoms with E-state index < -0.39 is 0 Å². The summed E-state index contributed by atoms with van der Waals surface area (Å²) in [5.74, 6) is 0.580. The van der Waals surface area contributed by atoms with Crippen LogP contribution in [0.2, 0.25) is 5.02 Å². The molecule has 5 nitrogen and oxygen atoms in total. The predicted molar refractivity (Wildman–Crippen MR) is 103 cm³/mol. The summed E-state index contributed by atoms with van der Waals surface area (Å²) in [4.78, 5) is 17.0. The Balaban J connectivity index is 1.64. The number of carbonyl (C=O) groups is 1. The number of para-hydroxylation sites is 1. The molecule has 1 atom stereocenters. The number of anilines is 1. The average molecular weight is 381 g/mol. The molecular weight excluding hydrogens is 368 g/mol. The molecule has 0 spiro atoms. The summed E-state index contributed by atoms with van der Waals surface area (Å²) in [6.07, 6.45) is 2.19. The van der Waals surface area contributed by atoms with E-state index in [4.69, 9.17) is 11.6 Å². The third-order valence-electron chi connectivity index (χ3n) is 4.54. The number of aromatic nitrogens is 3. The molecular formula is C19H13ClN4OS. The zero-order valence-electron chi connectivity index (χ0n) is 13.5. The highest BCUT2D eigenvalue weighted by molar-refractivity contribution is 7.20. The smallest absolute Gasteiger partial charge is 0.226 e. The van der Waals surface area contributed by atoms with Crippen LogP contribution in [0.1, 0.15) is 23.5 Å². The van der Waals surface area contributed by atoms with E-state index in [9.17, 15) is 4.79 Å². The number of thiazole rings is 1. The van der Waals surface area contributed by atoms with Gasteiger partial charge in [-0.2, -0.15) is 9.78 Å². The summed E-state index contributed by atoms with van der Waals surface area (Å²) in [6.45, 7) is 0. The first-order valence-corrected chi connectivity index (χ1v) is 9.37. The maximum atomic E-state index is 12.3. The Hall–Kier alpha value is -2.70. The van der Waals surface area contributed by atoms with E-state index in [-0.39, 0.29) is 11.8 Å². The molecule has 0 unspecified atom stereocenters. The second-order valence-corrected chi connectivity index (χ2v) is 7.63. The zero-order chi connectivity index (χ0) is 17.7. The van der Waals surface area contributed by atoms with Crippen LogP contribution >= 0.6 is 22.9 Å². The van der Waals surface area contributed by atoms with Gasteiger partial charge < -0.3 is 5.32 Å². The molecule has 2 aromatic heterocycles. The van der Waals surface area contributed by atoms with Gasteiger partial charge in [-0.1, -0.05) is 47.2 Å². The third-order valence-corrected chi connectivity index (χ3v) is 5.78. The van der Waals surface area contributed by atoms with Crippen LogP contribution in [-0.4, -0.2) is 20.7 Å². The molecule has 1 amide bonds. The Kier molecular flexibility index (Phi) is 3.55. The second kappa shape index (κ2) is 5.93. The van der Waals surface area contributed by atoms with Crippen molar-refractivity contribution >= 4 is 44.9 Å². The Bertz CT molecular complexity index is 1120. The van der Waals surface area contributed by atoms with Crippen molar-refractivity contribution in [3.8, 4) is 5.13 Å². The van der Waals surface area contributed by atoms with Crippen LogP contribution in [0.5, 0.6) is 0 Å². The van der Waals surface area contributed by atoms with Gasteiger partial charge in [0.05, 0.1) is 16.4 Å². The number of benzene rings is 2. The van der Waals surface area contributed by atoms with E-state index in [1.807, 2.05) is 54.7 Å². The van der Waals surface area contributed by atoms with Gasteiger partial charge in [0, 0.05) is 22.9 Å². The van der Waals surface area contributed by atoms with Crippen LogP contribution in [0.3, 0.4) is 0 Å². The van der Waals surface area contributed by atoms with E-state index in [0.717, 1.165) is 26.5 Å². The Morgan fingerprint density at radius 3 is 2.92 bits per heavy atom. The van der Waals surface area contributed by atoms with Crippen LogP contribution in [0.4, 0.5) is 5.82 Å². The fraction of sp³-hybridized carbons (Fsp3) is 0.105. The number of hydrogen-bond acceptors (Lipinski definition) is 4. The maximum absolute atomic E-state index is 12.3. The second-order valence-electron chi connectivity index (χ2n) is 6.18. The first kappa shape index (κ1) is 15.5. The minimum absolute atomic E-state index is 0.0367.